The van der Waals surface area contributed by atoms with Crippen molar-refractivity contribution in [1.82, 2.24) is 14.8 Å². The van der Waals surface area contributed by atoms with Gasteiger partial charge in [0.2, 0.25) is 5.91 Å². The molecule has 0 aliphatic heterocycles. The Kier molecular flexibility index (Phi) is 4.76. The lowest BCUT2D eigenvalue weighted by atomic mass is 10.3. The predicted molar refractivity (Wildman–Crippen MR) is 126 cm³/mol. The number of nitrogens with zero attached hydrogens (tertiary/aromatic N) is 3. The van der Waals surface area contributed by atoms with E-state index >= 15 is 0 Å². The number of hydrogen-bond acceptors (Lipinski definition) is 6. The van der Waals surface area contributed by atoms with E-state index in [4.69, 9.17) is 0 Å². The number of carbonyl (C=O) groups excluding carboxylic acids is 2. The molecule has 5 rings (SSSR count). The van der Waals surface area contributed by atoms with Gasteiger partial charge in [0.1, 0.15) is 4.83 Å². The molecule has 0 aliphatic carbocycles. The molecule has 0 saturated heterocycles. The number of benzene rings is 2. The minimum absolute atomic E-state index is 0.133. The van der Waals surface area contributed by atoms with Crippen molar-refractivity contribution >= 4 is 65.7 Å². The summed E-state index contributed by atoms with van der Waals surface area (Å²) in [6.07, 6.45) is 0. The van der Waals surface area contributed by atoms with Crippen molar-refractivity contribution in [2.45, 2.75) is 13.8 Å². The second-order valence-electron chi connectivity index (χ2n) is 7.00. The van der Waals surface area contributed by atoms with Crippen LogP contribution in [0, 0.1) is 6.92 Å². The molecule has 7 nitrogen and oxygen atoms in total. The fraction of sp³-hybridized carbons (Fsp3) is 0.0909. The number of para-hydroxylation sites is 1. The SMILES string of the molecule is CC(=O)Nc1ccc2nc(NC(=O)c3cc4c(C)nn(-c5ccccc5)c4s3)sc2c1. The normalized spacial score (nSPS) is 11.2. The van der Waals surface area contributed by atoms with Crippen molar-refractivity contribution in [1.29, 1.82) is 0 Å². The number of thiazole rings is 1. The third kappa shape index (κ3) is 3.69. The van der Waals surface area contributed by atoms with Gasteiger partial charge in [-0.15, -0.1) is 11.3 Å². The summed E-state index contributed by atoms with van der Waals surface area (Å²) < 4.78 is 2.75. The summed E-state index contributed by atoms with van der Waals surface area (Å²) >= 11 is 2.77. The number of amides is 2. The summed E-state index contributed by atoms with van der Waals surface area (Å²) in [5.74, 6) is -0.340. The van der Waals surface area contributed by atoms with Crippen LogP contribution in [0.3, 0.4) is 0 Å². The topological polar surface area (TPSA) is 88.9 Å². The highest BCUT2D eigenvalue weighted by Gasteiger charge is 2.18. The molecule has 0 spiro atoms. The zero-order chi connectivity index (χ0) is 21.5. The van der Waals surface area contributed by atoms with Gasteiger partial charge in [0.05, 0.1) is 26.5 Å². The van der Waals surface area contributed by atoms with Crippen molar-refractivity contribution in [3.05, 3.63) is 65.2 Å². The Morgan fingerprint density at radius 1 is 1.00 bits per heavy atom. The number of thiophene rings is 1. The summed E-state index contributed by atoms with van der Waals surface area (Å²) in [4.78, 5) is 30.2. The van der Waals surface area contributed by atoms with Gasteiger partial charge in [0.15, 0.2) is 5.13 Å². The summed E-state index contributed by atoms with van der Waals surface area (Å²) in [5, 5.41) is 11.7. The van der Waals surface area contributed by atoms with E-state index in [1.54, 1.807) is 6.07 Å². The summed E-state index contributed by atoms with van der Waals surface area (Å²) in [7, 11) is 0. The van der Waals surface area contributed by atoms with Crippen molar-refractivity contribution in [2.24, 2.45) is 0 Å². The molecule has 5 aromatic rings. The van der Waals surface area contributed by atoms with Gasteiger partial charge in [0.25, 0.3) is 5.91 Å². The standard InChI is InChI=1S/C22H17N5O2S2/c1-12-16-11-19(30-21(16)27(26-12)15-6-4-3-5-7-15)20(29)25-22-24-17-9-8-14(23-13(2)28)10-18(17)31-22/h3-11H,1-2H3,(H,23,28)(H,24,25,29). The monoisotopic (exact) mass is 447 g/mol. The van der Waals surface area contributed by atoms with E-state index in [-0.39, 0.29) is 11.8 Å². The minimum atomic E-state index is -0.207. The van der Waals surface area contributed by atoms with Crippen LogP contribution in [0.2, 0.25) is 0 Å². The minimum Gasteiger partial charge on any atom is -0.326 e. The molecule has 0 radical (unpaired) electrons. The fourth-order valence-corrected chi connectivity index (χ4v) is 5.30. The maximum atomic E-state index is 12.9. The molecule has 0 unspecified atom stereocenters. The Balaban J connectivity index is 1.43. The largest absolute Gasteiger partial charge is 0.326 e. The zero-order valence-corrected chi connectivity index (χ0v) is 18.3. The Morgan fingerprint density at radius 3 is 2.58 bits per heavy atom. The van der Waals surface area contributed by atoms with Crippen molar-refractivity contribution in [3.8, 4) is 5.69 Å². The number of nitrogens with one attached hydrogen (secondary N) is 2. The van der Waals surface area contributed by atoms with Crippen LogP contribution >= 0.6 is 22.7 Å². The first-order chi connectivity index (χ1) is 15.0. The first-order valence-electron chi connectivity index (χ1n) is 9.52. The van der Waals surface area contributed by atoms with Crippen molar-refractivity contribution < 1.29 is 9.59 Å². The third-order valence-corrected chi connectivity index (χ3v) is 6.74. The third-order valence-electron chi connectivity index (χ3n) is 4.70. The van der Waals surface area contributed by atoms with Crippen LogP contribution in [0.25, 0.3) is 26.1 Å². The van der Waals surface area contributed by atoms with Gasteiger partial charge >= 0.3 is 0 Å². The molecule has 2 amide bonds. The van der Waals surface area contributed by atoms with Crippen molar-refractivity contribution in [2.75, 3.05) is 10.6 Å². The van der Waals surface area contributed by atoms with Crippen LogP contribution in [0.4, 0.5) is 10.8 Å². The van der Waals surface area contributed by atoms with Gasteiger partial charge in [-0.3, -0.25) is 14.9 Å². The zero-order valence-electron chi connectivity index (χ0n) is 16.7. The Hall–Kier alpha value is -3.56. The van der Waals surface area contributed by atoms with E-state index in [0.29, 0.717) is 15.7 Å². The average molecular weight is 448 g/mol. The van der Waals surface area contributed by atoms with Crippen LogP contribution in [-0.4, -0.2) is 26.6 Å². The Bertz CT molecular complexity index is 1450. The Labute approximate surface area is 185 Å². The lowest BCUT2D eigenvalue weighted by Gasteiger charge is -2.01. The first kappa shape index (κ1) is 19.4. The highest BCUT2D eigenvalue weighted by molar-refractivity contribution is 7.23. The summed E-state index contributed by atoms with van der Waals surface area (Å²) in [5.41, 5.74) is 3.29. The molecule has 3 heterocycles. The lowest BCUT2D eigenvalue weighted by molar-refractivity contribution is -0.114. The molecular weight excluding hydrogens is 430 g/mol. The van der Waals surface area contributed by atoms with Gasteiger partial charge in [-0.1, -0.05) is 29.5 Å². The van der Waals surface area contributed by atoms with E-state index in [1.807, 2.05) is 60.1 Å². The molecular formula is C22H17N5O2S2. The maximum absolute atomic E-state index is 12.9. The van der Waals surface area contributed by atoms with Gasteiger partial charge < -0.3 is 5.32 Å². The van der Waals surface area contributed by atoms with E-state index in [9.17, 15) is 9.59 Å². The fourth-order valence-electron chi connectivity index (χ4n) is 3.32. The lowest BCUT2D eigenvalue weighted by Crippen LogP contribution is -2.09. The molecule has 0 aliphatic rings. The highest BCUT2D eigenvalue weighted by Crippen LogP contribution is 2.32. The predicted octanol–water partition coefficient (Wildman–Crippen LogP) is 5.22. The molecule has 3 aromatic heterocycles. The smallest absolute Gasteiger partial charge is 0.267 e. The highest BCUT2D eigenvalue weighted by atomic mass is 32.1. The maximum Gasteiger partial charge on any atom is 0.267 e. The van der Waals surface area contributed by atoms with E-state index in [0.717, 1.165) is 31.8 Å². The van der Waals surface area contributed by atoms with Gasteiger partial charge in [-0.25, -0.2) is 9.67 Å². The number of rotatable bonds is 4. The molecule has 0 fully saturated rings. The molecule has 154 valence electrons. The van der Waals surface area contributed by atoms with E-state index < -0.39 is 0 Å². The van der Waals surface area contributed by atoms with Crippen LogP contribution < -0.4 is 10.6 Å². The van der Waals surface area contributed by atoms with Crippen LogP contribution in [0.1, 0.15) is 22.3 Å². The van der Waals surface area contributed by atoms with Crippen LogP contribution in [0.5, 0.6) is 0 Å². The molecule has 0 saturated carbocycles. The molecule has 0 bridgehead atoms. The van der Waals surface area contributed by atoms with Gasteiger partial charge in [-0.05, 0) is 43.3 Å². The number of anilines is 2. The van der Waals surface area contributed by atoms with Crippen molar-refractivity contribution in [3.63, 3.8) is 0 Å². The molecule has 2 aromatic carbocycles. The number of hydrogen-bond donors (Lipinski definition) is 2. The molecule has 9 heteroatoms. The van der Waals surface area contributed by atoms with Gasteiger partial charge in [0, 0.05) is 18.0 Å². The van der Waals surface area contributed by atoms with Gasteiger partial charge in [-0.2, -0.15) is 5.10 Å². The van der Waals surface area contributed by atoms with Crippen LogP contribution in [-0.2, 0) is 4.79 Å². The molecule has 2 N–H and O–H groups in total. The summed E-state index contributed by atoms with van der Waals surface area (Å²) in [6, 6.07) is 17.2. The Morgan fingerprint density at radius 2 is 1.81 bits per heavy atom. The average Bonchev–Trinajstić information content (AvgIpc) is 3.42. The number of fused-ring (bicyclic) bond motifs is 2. The number of carbonyl (C=O) groups is 2. The molecule has 0 atom stereocenters. The first-order valence-corrected chi connectivity index (χ1v) is 11.2. The second kappa shape index (κ2) is 7.60. The van der Waals surface area contributed by atoms with E-state index in [1.165, 1.54) is 29.6 Å². The number of aryl methyl sites for hydroxylation is 1. The summed E-state index contributed by atoms with van der Waals surface area (Å²) in [6.45, 7) is 3.41. The van der Waals surface area contributed by atoms with Crippen LogP contribution in [0.15, 0.2) is 54.6 Å². The second-order valence-corrected chi connectivity index (χ2v) is 9.06. The number of aromatic nitrogens is 3. The van der Waals surface area contributed by atoms with E-state index in [2.05, 4.69) is 20.7 Å². The quantitative estimate of drug-likeness (QED) is 0.395. The molecule has 31 heavy (non-hydrogen) atoms.